The van der Waals surface area contributed by atoms with Crippen molar-refractivity contribution in [2.45, 2.75) is 31.2 Å². The molecule has 1 amide bonds. The number of hydrogen-bond donors (Lipinski definition) is 1. The molecule has 202 valence electrons. The number of anilines is 2. The van der Waals surface area contributed by atoms with Crippen molar-refractivity contribution in [1.29, 1.82) is 0 Å². The van der Waals surface area contributed by atoms with E-state index in [0.717, 1.165) is 23.0 Å². The summed E-state index contributed by atoms with van der Waals surface area (Å²) < 4.78 is 39.1. The predicted molar refractivity (Wildman–Crippen MR) is 149 cm³/mol. The van der Waals surface area contributed by atoms with Gasteiger partial charge in [-0.25, -0.2) is 8.42 Å². The molecule has 1 N–H and O–H groups in total. The van der Waals surface area contributed by atoms with Gasteiger partial charge in [-0.2, -0.15) is 0 Å². The van der Waals surface area contributed by atoms with E-state index in [9.17, 15) is 13.2 Å². The van der Waals surface area contributed by atoms with Crippen molar-refractivity contribution in [2.24, 2.45) is 5.92 Å². The van der Waals surface area contributed by atoms with Crippen LogP contribution in [0.1, 0.15) is 25.3 Å². The molecule has 1 heterocycles. The van der Waals surface area contributed by atoms with Crippen molar-refractivity contribution in [2.75, 3.05) is 43.1 Å². The summed E-state index contributed by atoms with van der Waals surface area (Å²) in [5.41, 5.74) is 2.33. The van der Waals surface area contributed by atoms with Crippen LogP contribution in [0.3, 0.4) is 0 Å². The molecule has 1 unspecified atom stereocenters. The van der Waals surface area contributed by atoms with E-state index < -0.39 is 22.5 Å². The number of amides is 1. The molecular weight excluding hydrogens is 502 g/mol. The molecule has 0 aliphatic carbocycles. The van der Waals surface area contributed by atoms with E-state index in [4.69, 9.17) is 9.47 Å². The van der Waals surface area contributed by atoms with Gasteiger partial charge in [0.05, 0.1) is 24.8 Å². The molecule has 3 aromatic rings. The minimum atomic E-state index is -4.08. The van der Waals surface area contributed by atoms with Gasteiger partial charge >= 0.3 is 0 Å². The lowest BCUT2D eigenvalue weighted by Gasteiger charge is -2.32. The number of rotatable bonds is 10. The number of nitrogens with one attached hydrogen (secondary N) is 1. The summed E-state index contributed by atoms with van der Waals surface area (Å²) in [6, 6.07) is 21.0. The predicted octanol–water partition coefficient (Wildman–Crippen LogP) is 4.45. The number of carbonyl (C=O) groups excluding carboxylic acids is 1. The fraction of sp³-hybridized carbons (Fsp3) is 0.345. The molecule has 0 bridgehead atoms. The molecule has 1 aliphatic heterocycles. The summed E-state index contributed by atoms with van der Waals surface area (Å²) in [6.45, 7) is 4.24. The summed E-state index contributed by atoms with van der Waals surface area (Å²) >= 11 is 0. The lowest BCUT2D eigenvalue weighted by molar-refractivity contribution is -0.119. The lowest BCUT2D eigenvalue weighted by Crippen LogP contribution is -2.40. The second kappa shape index (κ2) is 12.2. The van der Waals surface area contributed by atoms with Gasteiger partial charge in [0, 0.05) is 31.4 Å². The highest BCUT2D eigenvalue weighted by Gasteiger charge is 2.30. The van der Waals surface area contributed by atoms with Gasteiger partial charge in [0.1, 0.15) is 18.0 Å². The van der Waals surface area contributed by atoms with Crippen LogP contribution in [0.15, 0.2) is 77.7 Å². The zero-order valence-electron chi connectivity index (χ0n) is 22.1. The highest BCUT2D eigenvalue weighted by atomic mass is 32.2. The number of ether oxygens (including phenoxy) is 2. The van der Waals surface area contributed by atoms with Gasteiger partial charge in [-0.05, 0) is 60.7 Å². The molecule has 38 heavy (non-hydrogen) atoms. The number of benzene rings is 3. The second-order valence-corrected chi connectivity index (χ2v) is 11.4. The topological polar surface area (TPSA) is 88.2 Å². The highest BCUT2D eigenvalue weighted by molar-refractivity contribution is 7.92. The van der Waals surface area contributed by atoms with Gasteiger partial charge in [-0.1, -0.05) is 37.3 Å². The third kappa shape index (κ3) is 6.39. The minimum absolute atomic E-state index is 0.0697. The number of methoxy groups -OCH3 is 2. The molecule has 1 saturated heterocycles. The van der Waals surface area contributed by atoms with E-state index in [1.54, 1.807) is 36.4 Å². The molecule has 3 aromatic carbocycles. The third-order valence-corrected chi connectivity index (χ3v) is 8.50. The Balaban J connectivity index is 1.52. The van der Waals surface area contributed by atoms with Gasteiger partial charge in [-0.3, -0.25) is 9.10 Å². The standard InChI is InChI=1S/C29H35N3O5S/c1-22-8-7-17-31(20-22)24-13-11-23(12-14-24)19-30-29(33)21-32(38(34,35)26-9-5-4-6-10-26)27-18-25(36-2)15-16-28(27)37-3/h4-6,9-16,18,22H,7-8,17,19-21H2,1-3H3,(H,30,33). The van der Waals surface area contributed by atoms with E-state index in [0.29, 0.717) is 17.4 Å². The fourth-order valence-corrected chi connectivity index (χ4v) is 6.09. The first-order chi connectivity index (χ1) is 18.3. The SMILES string of the molecule is COc1ccc(OC)c(N(CC(=O)NCc2ccc(N3CCCC(C)C3)cc2)S(=O)(=O)c2ccccc2)c1. The van der Waals surface area contributed by atoms with Crippen molar-refractivity contribution in [3.8, 4) is 11.5 Å². The first-order valence-corrected chi connectivity index (χ1v) is 14.2. The maximum atomic E-state index is 13.7. The zero-order chi connectivity index (χ0) is 27.1. The van der Waals surface area contributed by atoms with Gasteiger partial charge < -0.3 is 19.7 Å². The molecule has 1 atom stereocenters. The van der Waals surface area contributed by atoms with E-state index in [2.05, 4.69) is 29.3 Å². The summed E-state index contributed by atoms with van der Waals surface area (Å²) in [4.78, 5) is 15.5. The van der Waals surface area contributed by atoms with Crippen molar-refractivity contribution < 1.29 is 22.7 Å². The van der Waals surface area contributed by atoms with Crippen LogP contribution in [0, 0.1) is 5.92 Å². The summed E-state index contributed by atoms with van der Waals surface area (Å²) in [5.74, 6) is 0.989. The van der Waals surface area contributed by atoms with E-state index in [1.165, 1.54) is 44.9 Å². The van der Waals surface area contributed by atoms with Crippen LogP contribution in [0.5, 0.6) is 11.5 Å². The average Bonchev–Trinajstić information content (AvgIpc) is 2.95. The van der Waals surface area contributed by atoms with Gasteiger partial charge in [0.15, 0.2) is 0 Å². The van der Waals surface area contributed by atoms with E-state index in [1.807, 2.05) is 12.1 Å². The minimum Gasteiger partial charge on any atom is -0.497 e. The largest absolute Gasteiger partial charge is 0.497 e. The van der Waals surface area contributed by atoms with Crippen LogP contribution < -0.4 is 24.0 Å². The Morgan fingerprint density at radius 2 is 1.76 bits per heavy atom. The maximum absolute atomic E-state index is 13.7. The molecule has 0 spiro atoms. The van der Waals surface area contributed by atoms with Crippen molar-refractivity contribution >= 4 is 27.3 Å². The Kier molecular flexibility index (Phi) is 8.78. The van der Waals surface area contributed by atoms with E-state index >= 15 is 0 Å². The zero-order valence-corrected chi connectivity index (χ0v) is 22.9. The molecule has 8 nitrogen and oxygen atoms in total. The Labute approximate surface area is 225 Å². The molecule has 0 aromatic heterocycles. The van der Waals surface area contributed by atoms with Gasteiger partial charge in [-0.15, -0.1) is 0 Å². The fourth-order valence-electron chi connectivity index (χ4n) is 4.65. The first-order valence-electron chi connectivity index (χ1n) is 12.7. The van der Waals surface area contributed by atoms with Crippen LogP contribution in [-0.2, 0) is 21.4 Å². The second-order valence-electron chi connectivity index (χ2n) is 9.50. The molecule has 0 radical (unpaired) electrons. The van der Waals surface area contributed by atoms with Crippen molar-refractivity contribution in [1.82, 2.24) is 5.32 Å². The summed E-state index contributed by atoms with van der Waals surface area (Å²) in [7, 11) is -1.14. The third-order valence-electron chi connectivity index (χ3n) is 6.72. The number of piperidine rings is 1. The molecule has 0 saturated carbocycles. The Bertz CT molecular complexity index is 1330. The number of sulfonamides is 1. The van der Waals surface area contributed by atoms with Crippen LogP contribution in [0.2, 0.25) is 0 Å². The maximum Gasteiger partial charge on any atom is 0.264 e. The molecule has 4 rings (SSSR count). The summed E-state index contributed by atoms with van der Waals surface area (Å²) in [5, 5.41) is 2.86. The smallest absolute Gasteiger partial charge is 0.264 e. The Morgan fingerprint density at radius 1 is 1.03 bits per heavy atom. The van der Waals surface area contributed by atoms with Crippen LogP contribution in [-0.4, -0.2) is 48.2 Å². The van der Waals surface area contributed by atoms with E-state index in [-0.39, 0.29) is 17.1 Å². The van der Waals surface area contributed by atoms with Gasteiger partial charge in [0.25, 0.3) is 10.0 Å². The number of hydrogen-bond acceptors (Lipinski definition) is 6. The normalized spacial score (nSPS) is 15.6. The first kappa shape index (κ1) is 27.3. The van der Waals surface area contributed by atoms with Crippen LogP contribution in [0.4, 0.5) is 11.4 Å². The van der Waals surface area contributed by atoms with Gasteiger partial charge in [0.2, 0.25) is 5.91 Å². The highest BCUT2D eigenvalue weighted by Crippen LogP contribution is 2.35. The van der Waals surface area contributed by atoms with Crippen molar-refractivity contribution in [3.63, 3.8) is 0 Å². The van der Waals surface area contributed by atoms with Crippen molar-refractivity contribution in [3.05, 3.63) is 78.4 Å². The lowest BCUT2D eigenvalue weighted by atomic mass is 9.99. The van der Waals surface area contributed by atoms with Crippen LogP contribution in [0.25, 0.3) is 0 Å². The average molecular weight is 538 g/mol. The Hall–Kier alpha value is -3.72. The molecule has 1 aliphatic rings. The molecule has 1 fully saturated rings. The number of nitrogens with zero attached hydrogens (tertiary/aromatic N) is 2. The number of carbonyl (C=O) groups is 1. The molecule has 9 heteroatoms. The Morgan fingerprint density at radius 3 is 2.42 bits per heavy atom. The molecular formula is C29H35N3O5S. The quantitative estimate of drug-likeness (QED) is 0.411. The van der Waals surface area contributed by atoms with Crippen LogP contribution >= 0.6 is 0 Å². The monoisotopic (exact) mass is 537 g/mol. The summed E-state index contributed by atoms with van der Waals surface area (Å²) in [6.07, 6.45) is 2.46.